The first-order valence-electron chi connectivity index (χ1n) is 7.50. The molecule has 1 saturated heterocycles. The number of aliphatic carboxylic acids is 1. The predicted octanol–water partition coefficient (Wildman–Crippen LogP) is 1.79. The van der Waals surface area contributed by atoms with Gasteiger partial charge in [-0.1, -0.05) is 0 Å². The summed E-state index contributed by atoms with van der Waals surface area (Å²) in [4.78, 5) is 25.3. The molecule has 1 aromatic heterocycles. The van der Waals surface area contributed by atoms with Crippen molar-refractivity contribution in [2.75, 3.05) is 13.1 Å². The van der Waals surface area contributed by atoms with E-state index in [1.54, 1.807) is 15.6 Å². The fraction of sp³-hybridized carbons (Fsp3) is 0.667. The van der Waals surface area contributed by atoms with Gasteiger partial charge in [-0.2, -0.15) is 5.10 Å². The lowest BCUT2D eigenvalue weighted by atomic mass is 9.90. The van der Waals surface area contributed by atoms with E-state index in [-0.39, 0.29) is 23.3 Å². The van der Waals surface area contributed by atoms with E-state index in [4.69, 9.17) is 5.11 Å². The van der Waals surface area contributed by atoms with Crippen LogP contribution in [-0.2, 0) is 4.79 Å². The third-order valence-electron chi connectivity index (χ3n) is 4.89. The quantitative estimate of drug-likeness (QED) is 0.921. The van der Waals surface area contributed by atoms with Crippen molar-refractivity contribution in [3.63, 3.8) is 0 Å². The molecule has 0 bridgehead atoms. The summed E-state index contributed by atoms with van der Waals surface area (Å²) in [6.45, 7) is 5.31. The van der Waals surface area contributed by atoms with Crippen molar-refractivity contribution in [2.24, 2.45) is 11.3 Å². The molecule has 1 aliphatic carbocycles. The Balaban J connectivity index is 1.61. The molecule has 21 heavy (non-hydrogen) atoms. The van der Waals surface area contributed by atoms with Gasteiger partial charge in [0.25, 0.3) is 5.91 Å². The van der Waals surface area contributed by atoms with Crippen LogP contribution in [0.25, 0.3) is 0 Å². The lowest BCUT2D eigenvalue weighted by molar-refractivity contribution is -0.139. The third kappa shape index (κ3) is 2.43. The minimum absolute atomic E-state index is 0.0418. The molecule has 1 saturated carbocycles. The van der Waals surface area contributed by atoms with E-state index in [1.165, 1.54) is 0 Å². The SMILES string of the molecule is CC(C)n1ccc(C(=O)N2CCC3(CC2)CC3C(=O)O)n1. The molecule has 1 spiro atoms. The fourth-order valence-electron chi connectivity index (χ4n) is 3.31. The number of likely N-dealkylation sites (tertiary alicyclic amines) is 1. The number of rotatable bonds is 3. The van der Waals surface area contributed by atoms with E-state index < -0.39 is 5.97 Å². The zero-order valence-electron chi connectivity index (χ0n) is 12.5. The monoisotopic (exact) mass is 291 g/mol. The number of aromatic nitrogens is 2. The molecule has 2 heterocycles. The number of nitrogens with zero attached hydrogens (tertiary/aromatic N) is 3. The Morgan fingerprint density at radius 2 is 2.05 bits per heavy atom. The first kappa shape index (κ1) is 14.1. The van der Waals surface area contributed by atoms with Gasteiger partial charge in [0, 0.05) is 25.3 Å². The minimum atomic E-state index is -0.689. The van der Waals surface area contributed by atoms with Crippen LogP contribution in [0.3, 0.4) is 0 Å². The second-order valence-electron chi connectivity index (χ2n) is 6.52. The highest BCUT2D eigenvalue weighted by molar-refractivity contribution is 5.92. The van der Waals surface area contributed by atoms with Crippen molar-refractivity contribution in [3.05, 3.63) is 18.0 Å². The number of carbonyl (C=O) groups is 2. The predicted molar refractivity (Wildman–Crippen MR) is 75.9 cm³/mol. The zero-order chi connectivity index (χ0) is 15.2. The first-order valence-corrected chi connectivity index (χ1v) is 7.50. The average Bonchev–Trinajstić information content (AvgIpc) is 2.94. The maximum Gasteiger partial charge on any atom is 0.307 e. The van der Waals surface area contributed by atoms with Crippen molar-refractivity contribution in [1.29, 1.82) is 0 Å². The number of hydrogen-bond acceptors (Lipinski definition) is 3. The zero-order valence-corrected chi connectivity index (χ0v) is 12.5. The number of piperidine rings is 1. The second kappa shape index (κ2) is 4.86. The maximum atomic E-state index is 12.4. The smallest absolute Gasteiger partial charge is 0.307 e. The van der Waals surface area contributed by atoms with Crippen LogP contribution < -0.4 is 0 Å². The van der Waals surface area contributed by atoms with Crippen LogP contribution in [0.4, 0.5) is 0 Å². The van der Waals surface area contributed by atoms with Gasteiger partial charge in [0.05, 0.1) is 5.92 Å². The molecule has 2 aliphatic rings. The van der Waals surface area contributed by atoms with Gasteiger partial charge in [0.1, 0.15) is 5.69 Å². The fourth-order valence-corrected chi connectivity index (χ4v) is 3.31. The summed E-state index contributed by atoms with van der Waals surface area (Å²) in [5.41, 5.74) is 0.435. The normalized spacial score (nSPS) is 23.6. The van der Waals surface area contributed by atoms with Crippen LogP contribution in [0.5, 0.6) is 0 Å². The lowest BCUT2D eigenvalue weighted by Crippen LogP contribution is -2.40. The molecule has 2 fully saturated rings. The van der Waals surface area contributed by atoms with E-state index in [1.807, 2.05) is 20.0 Å². The molecule has 6 heteroatoms. The molecular weight excluding hydrogens is 270 g/mol. The highest BCUT2D eigenvalue weighted by atomic mass is 16.4. The van der Waals surface area contributed by atoms with E-state index >= 15 is 0 Å². The molecule has 0 aromatic carbocycles. The maximum absolute atomic E-state index is 12.4. The Bertz CT molecular complexity index is 570. The number of hydrogen-bond donors (Lipinski definition) is 1. The summed E-state index contributed by atoms with van der Waals surface area (Å²) >= 11 is 0. The molecule has 3 rings (SSSR count). The molecule has 1 aromatic rings. The number of amides is 1. The molecule has 1 atom stereocenters. The Morgan fingerprint density at radius 1 is 1.38 bits per heavy atom. The van der Waals surface area contributed by atoms with Crippen molar-refractivity contribution in [3.8, 4) is 0 Å². The Morgan fingerprint density at radius 3 is 2.52 bits per heavy atom. The summed E-state index contributed by atoms with van der Waals surface area (Å²) in [7, 11) is 0. The van der Waals surface area contributed by atoms with Crippen LogP contribution in [-0.4, -0.2) is 44.8 Å². The Hall–Kier alpha value is -1.85. The van der Waals surface area contributed by atoms with E-state index in [2.05, 4.69) is 5.10 Å². The molecule has 114 valence electrons. The number of carbonyl (C=O) groups excluding carboxylic acids is 1. The van der Waals surface area contributed by atoms with Crippen molar-refractivity contribution in [2.45, 2.75) is 39.2 Å². The van der Waals surface area contributed by atoms with Crippen LogP contribution in [0, 0.1) is 11.3 Å². The largest absolute Gasteiger partial charge is 0.481 e. The highest BCUT2D eigenvalue weighted by Crippen LogP contribution is 2.59. The summed E-state index contributed by atoms with van der Waals surface area (Å²) in [5, 5.41) is 13.4. The van der Waals surface area contributed by atoms with Crippen molar-refractivity contribution < 1.29 is 14.7 Å². The molecule has 1 unspecified atom stereocenters. The molecule has 1 aliphatic heterocycles. The molecule has 1 N–H and O–H groups in total. The van der Waals surface area contributed by atoms with Gasteiger partial charge < -0.3 is 10.0 Å². The Kier molecular flexibility index (Phi) is 3.26. The Labute approximate surface area is 123 Å². The lowest BCUT2D eigenvalue weighted by Gasteiger charge is -2.32. The van der Waals surface area contributed by atoms with Gasteiger partial charge in [-0.05, 0) is 44.6 Å². The average molecular weight is 291 g/mol. The summed E-state index contributed by atoms with van der Waals surface area (Å²) in [6.07, 6.45) is 4.18. The van der Waals surface area contributed by atoms with Gasteiger partial charge in [0.2, 0.25) is 0 Å². The van der Waals surface area contributed by atoms with Crippen LogP contribution in [0.15, 0.2) is 12.3 Å². The van der Waals surface area contributed by atoms with Gasteiger partial charge >= 0.3 is 5.97 Å². The van der Waals surface area contributed by atoms with Crippen molar-refractivity contribution in [1.82, 2.24) is 14.7 Å². The number of carboxylic acid groups (broad SMARTS) is 1. The van der Waals surface area contributed by atoms with Crippen LogP contribution in [0.2, 0.25) is 0 Å². The highest BCUT2D eigenvalue weighted by Gasteiger charge is 2.59. The van der Waals surface area contributed by atoms with Crippen LogP contribution in [0.1, 0.15) is 49.6 Å². The molecular formula is C15H21N3O3. The second-order valence-corrected chi connectivity index (χ2v) is 6.52. The van der Waals surface area contributed by atoms with Crippen LogP contribution >= 0.6 is 0 Å². The van der Waals surface area contributed by atoms with Gasteiger partial charge in [0.15, 0.2) is 0 Å². The van der Waals surface area contributed by atoms with Gasteiger partial charge in [-0.3, -0.25) is 14.3 Å². The summed E-state index contributed by atoms with van der Waals surface area (Å²) in [6, 6.07) is 1.99. The number of carboxylic acids is 1. The standard InChI is InChI=1S/C15H21N3O3/c1-10(2)18-6-3-12(16-18)13(19)17-7-4-15(5-8-17)9-11(15)14(20)21/h3,6,10-11H,4-5,7-9H2,1-2H3,(H,20,21). The van der Waals surface area contributed by atoms with E-state index in [0.717, 1.165) is 19.3 Å². The third-order valence-corrected chi connectivity index (χ3v) is 4.89. The topological polar surface area (TPSA) is 75.4 Å². The molecule has 1 amide bonds. The van der Waals surface area contributed by atoms with Gasteiger partial charge in [-0.25, -0.2) is 0 Å². The first-order chi connectivity index (χ1) is 9.93. The molecule has 0 radical (unpaired) electrons. The van der Waals surface area contributed by atoms with Crippen molar-refractivity contribution >= 4 is 11.9 Å². The summed E-state index contributed by atoms with van der Waals surface area (Å²) < 4.78 is 1.78. The van der Waals surface area contributed by atoms with E-state index in [0.29, 0.717) is 18.8 Å². The summed E-state index contributed by atoms with van der Waals surface area (Å²) in [5.74, 6) is -0.933. The molecule has 6 nitrogen and oxygen atoms in total. The minimum Gasteiger partial charge on any atom is -0.481 e. The van der Waals surface area contributed by atoms with E-state index in [9.17, 15) is 9.59 Å². The van der Waals surface area contributed by atoms with Gasteiger partial charge in [-0.15, -0.1) is 0 Å².